The Morgan fingerprint density at radius 2 is 2.04 bits per heavy atom. The van der Waals surface area contributed by atoms with E-state index in [0.717, 1.165) is 12.8 Å². The number of carbonyl (C=O) groups is 2. The van der Waals surface area contributed by atoms with Crippen molar-refractivity contribution in [3.8, 4) is 0 Å². The van der Waals surface area contributed by atoms with E-state index in [1.54, 1.807) is 42.7 Å². The second-order valence-electron chi connectivity index (χ2n) is 5.83. The van der Waals surface area contributed by atoms with Gasteiger partial charge in [-0.25, -0.2) is 0 Å². The third-order valence-corrected chi connectivity index (χ3v) is 4.01. The highest BCUT2D eigenvalue weighted by Gasteiger charge is 2.17. The summed E-state index contributed by atoms with van der Waals surface area (Å²) in [5.74, 6) is 0.656. The highest BCUT2D eigenvalue weighted by atomic mass is 16.3. The Hall–Kier alpha value is -2.82. The summed E-state index contributed by atoms with van der Waals surface area (Å²) in [7, 11) is 0. The lowest BCUT2D eigenvalue weighted by Gasteiger charge is -2.12. The third kappa shape index (κ3) is 4.13. The zero-order chi connectivity index (χ0) is 16.8. The minimum atomic E-state index is -0.247. The van der Waals surface area contributed by atoms with Crippen LogP contribution in [-0.4, -0.2) is 11.8 Å². The molecule has 124 valence electrons. The van der Waals surface area contributed by atoms with Crippen molar-refractivity contribution in [2.45, 2.75) is 25.8 Å². The first-order valence-corrected chi connectivity index (χ1v) is 8.08. The standard InChI is InChI=1S/C19H20N2O3/c22-18(12-14-6-1-2-7-14)21-17-10-4-3-9-16(17)19(23)20-13-15-8-5-11-24-15/h1,3-6,8-11,14H,2,7,12-13H2,(H,20,23)(H,21,22). The molecule has 5 nitrogen and oxygen atoms in total. The normalized spacial score (nSPS) is 16.1. The number of amides is 2. The summed E-state index contributed by atoms with van der Waals surface area (Å²) in [5, 5.41) is 5.65. The second kappa shape index (κ2) is 7.64. The van der Waals surface area contributed by atoms with Crippen molar-refractivity contribution in [2.75, 3.05) is 5.32 Å². The lowest BCUT2D eigenvalue weighted by Crippen LogP contribution is -2.25. The predicted octanol–water partition coefficient (Wildman–Crippen LogP) is 3.50. The number of anilines is 1. The fourth-order valence-corrected chi connectivity index (χ4v) is 2.77. The van der Waals surface area contributed by atoms with Crippen molar-refractivity contribution in [3.05, 3.63) is 66.1 Å². The van der Waals surface area contributed by atoms with Crippen LogP contribution in [0.1, 0.15) is 35.4 Å². The van der Waals surface area contributed by atoms with Gasteiger partial charge in [-0.2, -0.15) is 0 Å². The van der Waals surface area contributed by atoms with Gasteiger partial charge in [-0.15, -0.1) is 0 Å². The van der Waals surface area contributed by atoms with Gasteiger partial charge in [0.2, 0.25) is 5.91 Å². The molecule has 1 atom stereocenters. The summed E-state index contributed by atoms with van der Waals surface area (Å²) < 4.78 is 5.20. The van der Waals surface area contributed by atoms with Crippen LogP contribution in [0.15, 0.2) is 59.2 Å². The fraction of sp³-hybridized carbons (Fsp3) is 0.263. The molecule has 2 amide bonds. The van der Waals surface area contributed by atoms with E-state index in [1.165, 1.54) is 0 Å². The summed E-state index contributed by atoms with van der Waals surface area (Å²) in [4.78, 5) is 24.6. The van der Waals surface area contributed by atoms with Gasteiger partial charge < -0.3 is 15.1 Å². The topological polar surface area (TPSA) is 71.3 Å². The van der Waals surface area contributed by atoms with Gasteiger partial charge in [-0.05, 0) is 43.0 Å². The van der Waals surface area contributed by atoms with Crippen molar-refractivity contribution in [1.29, 1.82) is 0 Å². The number of hydrogen-bond donors (Lipinski definition) is 2. The van der Waals surface area contributed by atoms with Crippen LogP contribution < -0.4 is 10.6 Å². The SMILES string of the molecule is O=C(CC1C=CCC1)Nc1ccccc1C(=O)NCc1ccco1. The minimum absolute atomic E-state index is 0.0714. The monoisotopic (exact) mass is 324 g/mol. The molecule has 1 unspecified atom stereocenters. The van der Waals surface area contributed by atoms with E-state index >= 15 is 0 Å². The smallest absolute Gasteiger partial charge is 0.253 e. The molecule has 1 aliphatic rings. The molecule has 2 N–H and O–H groups in total. The maximum Gasteiger partial charge on any atom is 0.253 e. The summed E-state index contributed by atoms with van der Waals surface area (Å²) in [6, 6.07) is 10.6. The van der Waals surface area contributed by atoms with E-state index < -0.39 is 0 Å². The number of hydrogen-bond acceptors (Lipinski definition) is 3. The molecule has 24 heavy (non-hydrogen) atoms. The number of rotatable bonds is 6. The molecule has 3 rings (SSSR count). The molecule has 0 saturated carbocycles. The Labute approximate surface area is 140 Å². The Morgan fingerprint density at radius 3 is 2.79 bits per heavy atom. The summed E-state index contributed by atoms with van der Waals surface area (Å²) in [6.07, 6.45) is 8.24. The van der Waals surface area contributed by atoms with Crippen molar-refractivity contribution in [2.24, 2.45) is 5.92 Å². The molecule has 1 heterocycles. The highest BCUT2D eigenvalue weighted by Crippen LogP contribution is 2.22. The van der Waals surface area contributed by atoms with Crippen molar-refractivity contribution in [3.63, 3.8) is 0 Å². The Bertz CT molecular complexity index is 735. The number of allylic oxidation sites excluding steroid dienone is 2. The van der Waals surface area contributed by atoms with Crippen LogP contribution in [0.4, 0.5) is 5.69 Å². The number of carbonyl (C=O) groups excluding carboxylic acids is 2. The molecule has 0 radical (unpaired) electrons. The largest absolute Gasteiger partial charge is 0.467 e. The summed E-state index contributed by atoms with van der Waals surface area (Å²) in [5.41, 5.74) is 0.973. The highest BCUT2D eigenvalue weighted by molar-refractivity contribution is 6.03. The molecular weight excluding hydrogens is 304 g/mol. The van der Waals surface area contributed by atoms with Gasteiger partial charge in [0.15, 0.2) is 0 Å². The van der Waals surface area contributed by atoms with Crippen LogP contribution in [0, 0.1) is 5.92 Å². The van der Waals surface area contributed by atoms with E-state index in [9.17, 15) is 9.59 Å². The van der Waals surface area contributed by atoms with E-state index in [-0.39, 0.29) is 11.8 Å². The van der Waals surface area contributed by atoms with E-state index in [1.807, 2.05) is 0 Å². The van der Waals surface area contributed by atoms with Gasteiger partial charge in [0.25, 0.3) is 5.91 Å². The second-order valence-corrected chi connectivity index (χ2v) is 5.83. The Morgan fingerprint density at radius 1 is 1.17 bits per heavy atom. The van der Waals surface area contributed by atoms with Crippen LogP contribution in [0.2, 0.25) is 0 Å². The lowest BCUT2D eigenvalue weighted by molar-refractivity contribution is -0.116. The molecule has 0 bridgehead atoms. The average Bonchev–Trinajstić information content (AvgIpc) is 3.26. The van der Waals surface area contributed by atoms with Crippen molar-refractivity contribution >= 4 is 17.5 Å². The zero-order valence-corrected chi connectivity index (χ0v) is 13.3. The molecule has 2 aromatic rings. The molecule has 5 heteroatoms. The minimum Gasteiger partial charge on any atom is -0.467 e. The van der Waals surface area contributed by atoms with E-state index in [2.05, 4.69) is 22.8 Å². The van der Waals surface area contributed by atoms with E-state index in [4.69, 9.17) is 4.42 Å². The molecule has 1 aromatic heterocycles. The number of nitrogens with one attached hydrogen (secondary N) is 2. The van der Waals surface area contributed by atoms with Gasteiger partial charge in [-0.1, -0.05) is 24.3 Å². The van der Waals surface area contributed by atoms with Gasteiger partial charge in [-0.3, -0.25) is 9.59 Å². The van der Waals surface area contributed by atoms with Gasteiger partial charge in [0.1, 0.15) is 5.76 Å². The Balaban J connectivity index is 1.62. The molecule has 1 aromatic carbocycles. The first kappa shape index (κ1) is 16.1. The Kier molecular flexibility index (Phi) is 5.11. The van der Waals surface area contributed by atoms with Crippen LogP contribution in [0.25, 0.3) is 0 Å². The molecule has 0 aliphatic heterocycles. The number of furan rings is 1. The van der Waals surface area contributed by atoms with Crippen LogP contribution in [0.3, 0.4) is 0 Å². The quantitative estimate of drug-likeness (QED) is 0.799. The molecule has 0 spiro atoms. The molecule has 0 fully saturated rings. The average molecular weight is 324 g/mol. The zero-order valence-electron chi connectivity index (χ0n) is 13.3. The fourth-order valence-electron chi connectivity index (χ4n) is 2.77. The van der Waals surface area contributed by atoms with Crippen molar-refractivity contribution in [1.82, 2.24) is 5.32 Å². The molecular formula is C19H20N2O3. The number of benzene rings is 1. The predicted molar refractivity (Wildman–Crippen MR) is 91.4 cm³/mol. The van der Waals surface area contributed by atoms with Gasteiger partial charge in [0, 0.05) is 6.42 Å². The van der Waals surface area contributed by atoms with Crippen molar-refractivity contribution < 1.29 is 14.0 Å². The molecule has 1 aliphatic carbocycles. The van der Waals surface area contributed by atoms with Gasteiger partial charge in [0.05, 0.1) is 24.1 Å². The first-order valence-electron chi connectivity index (χ1n) is 8.08. The summed E-state index contributed by atoms with van der Waals surface area (Å²) >= 11 is 0. The summed E-state index contributed by atoms with van der Waals surface area (Å²) in [6.45, 7) is 0.307. The van der Waals surface area contributed by atoms with Gasteiger partial charge >= 0.3 is 0 Å². The van der Waals surface area contributed by atoms with Crippen LogP contribution >= 0.6 is 0 Å². The first-order chi connectivity index (χ1) is 11.7. The third-order valence-electron chi connectivity index (χ3n) is 4.01. The maximum absolute atomic E-state index is 12.4. The maximum atomic E-state index is 12.4. The number of para-hydroxylation sites is 1. The van der Waals surface area contributed by atoms with Crippen LogP contribution in [-0.2, 0) is 11.3 Å². The van der Waals surface area contributed by atoms with E-state index in [0.29, 0.717) is 35.9 Å². The van der Waals surface area contributed by atoms with Crippen LogP contribution in [0.5, 0.6) is 0 Å². The lowest BCUT2D eigenvalue weighted by atomic mass is 10.0. The molecule has 0 saturated heterocycles.